The molecule has 0 bridgehead atoms. The van der Waals surface area contributed by atoms with Crippen LogP contribution in [0.2, 0.25) is 0 Å². The zero-order chi connectivity index (χ0) is 21.1. The Hall–Kier alpha value is -1.97. The van der Waals surface area contributed by atoms with Gasteiger partial charge in [0.2, 0.25) is 0 Å². The highest BCUT2D eigenvalue weighted by molar-refractivity contribution is 9.10. The lowest BCUT2D eigenvalue weighted by atomic mass is 9.95. The lowest BCUT2D eigenvalue weighted by molar-refractivity contribution is -0.386. The monoisotopic (exact) mass is 494 g/mol. The molecule has 0 saturated carbocycles. The zero-order valence-electron chi connectivity index (χ0n) is 15.8. The Morgan fingerprint density at radius 1 is 1.28 bits per heavy atom. The number of ether oxygens (including phenoxy) is 1. The summed E-state index contributed by atoms with van der Waals surface area (Å²) in [6.45, 7) is 5.40. The van der Waals surface area contributed by atoms with Gasteiger partial charge in [-0.2, -0.15) is 0 Å². The summed E-state index contributed by atoms with van der Waals surface area (Å²) in [5.74, 6) is 0.252. The normalized spacial score (nSPS) is 18.0. The molecule has 2 unspecified atom stereocenters. The van der Waals surface area contributed by atoms with Crippen molar-refractivity contribution in [3.8, 4) is 5.75 Å². The number of thioether (sulfide) groups is 1. The van der Waals surface area contributed by atoms with Crippen LogP contribution < -0.4 is 4.74 Å². The minimum atomic E-state index is -0.823. The zero-order valence-corrected chi connectivity index (χ0v) is 19.1. The fraction of sp³-hybridized carbons (Fsp3) is 0.300. The van der Waals surface area contributed by atoms with Gasteiger partial charge in [0.15, 0.2) is 5.78 Å². The van der Waals surface area contributed by atoms with Gasteiger partial charge < -0.3 is 9.64 Å². The van der Waals surface area contributed by atoms with Gasteiger partial charge in [0.05, 0.1) is 16.1 Å². The summed E-state index contributed by atoms with van der Waals surface area (Å²) < 4.78 is 7.48. The number of nitrogens with zero attached hydrogens (tertiary/aromatic N) is 2. The molecule has 9 heteroatoms. The molecule has 0 aromatic heterocycles. The molecule has 6 nitrogen and oxygen atoms in total. The summed E-state index contributed by atoms with van der Waals surface area (Å²) in [6.07, 6.45) is -0.823. The van der Waals surface area contributed by atoms with Crippen LogP contribution in [0.1, 0.15) is 35.9 Å². The van der Waals surface area contributed by atoms with E-state index in [1.165, 1.54) is 17.8 Å². The van der Waals surface area contributed by atoms with Crippen LogP contribution in [0.25, 0.3) is 0 Å². The van der Waals surface area contributed by atoms with Crippen LogP contribution >= 0.6 is 39.9 Å². The number of nitro groups is 1. The van der Waals surface area contributed by atoms with Gasteiger partial charge in [0, 0.05) is 23.6 Å². The van der Waals surface area contributed by atoms with Crippen LogP contribution in [0.3, 0.4) is 0 Å². The van der Waals surface area contributed by atoms with Crippen molar-refractivity contribution >= 4 is 55.7 Å². The number of nitro benzene ring substituents is 1. The fourth-order valence-corrected chi connectivity index (χ4v) is 5.30. The number of para-hydroxylation sites is 1. The summed E-state index contributed by atoms with van der Waals surface area (Å²) in [7, 11) is 0. The molecule has 1 aliphatic heterocycles. The Bertz CT molecular complexity index is 965. The second-order valence-corrected chi connectivity index (χ2v) is 9.03. The predicted octanol–water partition coefficient (Wildman–Crippen LogP) is 5.40. The van der Waals surface area contributed by atoms with Gasteiger partial charge in [0.1, 0.15) is 21.4 Å². The molecule has 3 rings (SSSR count). The summed E-state index contributed by atoms with van der Waals surface area (Å²) >= 11 is 10.2. The number of rotatable bonds is 5. The van der Waals surface area contributed by atoms with Crippen LogP contribution in [-0.2, 0) is 0 Å². The van der Waals surface area contributed by atoms with E-state index in [0.717, 1.165) is 4.47 Å². The van der Waals surface area contributed by atoms with E-state index in [1.807, 2.05) is 18.7 Å². The van der Waals surface area contributed by atoms with Gasteiger partial charge in [-0.25, -0.2) is 0 Å². The Morgan fingerprint density at radius 3 is 2.62 bits per heavy atom. The van der Waals surface area contributed by atoms with E-state index in [4.69, 9.17) is 17.0 Å². The first-order valence-corrected chi connectivity index (χ1v) is 11.1. The van der Waals surface area contributed by atoms with E-state index in [0.29, 0.717) is 34.3 Å². The number of carbonyl (C=O) groups excluding carboxylic acids is 1. The van der Waals surface area contributed by atoms with E-state index in [9.17, 15) is 14.9 Å². The van der Waals surface area contributed by atoms with Gasteiger partial charge in [0.25, 0.3) is 5.69 Å². The molecule has 2 aromatic carbocycles. The third-order valence-corrected chi connectivity index (χ3v) is 6.90. The van der Waals surface area contributed by atoms with Crippen molar-refractivity contribution in [3.63, 3.8) is 0 Å². The number of thiocarbonyl (C=S) groups is 1. The van der Waals surface area contributed by atoms with Crippen LogP contribution in [0.5, 0.6) is 5.75 Å². The van der Waals surface area contributed by atoms with Crippen molar-refractivity contribution in [1.82, 2.24) is 4.90 Å². The summed E-state index contributed by atoms with van der Waals surface area (Å²) in [5.41, 5.74) is 0.721. The quantitative estimate of drug-likeness (QED) is 0.312. The molecule has 0 N–H and O–H groups in total. The molecule has 0 spiro atoms. The number of carbonyl (C=O) groups is 1. The highest BCUT2D eigenvalue weighted by atomic mass is 79.9. The number of fused-ring (bicyclic) bond motifs is 1. The van der Waals surface area contributed by atoms with Crippen molar-refractivity contribution in [2.24, 2.45) is 0 Å². The minimum Gasteiger partial charge on any atom is -0.483 e. The van der Waals surface area contributed by atoms with E-state index < -0.39 is 16.3 Å². The van der Waals surface area contributed by atoms with Crippen LogP contribution in [0.4, 0.5) is 5.69 Å². The van der Waals surface area contributed by atoms with Crippen molar-refractivity contribution in [3.05, 3.63) is 68.2 Å². The number of hydrogen-bond donors (Lipinski definition) is 0. The van der Waals surface area contributed by atoms with Crippen molar-refractivity contribution < 1.29 is 14.5 Å². The van der Waals surface area contributed by atoms with Crippen LogP contribution in [-0.4, -0.2) is 38.3 Å². The third-order valence-electron chi connectivity index (χ3n) is 4.68. The average Bonchev–Trinajstić information content (AvgIpc) is 2.71. The molecule has 1 heterocycles. The largest absolute Gasteiger partial charge is 0.483 e. The Morgan fingerprint density at radius 2 is 1.97 bits per heavy atom. The maximum absolute atomic E-state index is 13.4. The molecular weight excluding hydrogens is 476 g/mol. The molecule has 0 radical (unpaired) electrons. The highest BCUT2D eigenvalue weighted by Gasteiger charge is 2.42. The number of hydrogen-bond acceptors (Lipinski definition) is 6. The molecule has 0 amide bonds. The van der Waals surface area contributed by atoms with E-state index in [1.54, 1.807) is 36.4 Å². The van der Waals surface area contributed by atoms with Crippen molar-refractivity contribution in [2.45, 2.75) is 25.2 Å². The van der Waals surface area contributed by atoms with Crippen molar-refractivity contribution in [1.29, 1.82) is 0 Å². The van der Waals surface area contributed by atoms with Gasteiger partial charge in [-0.15, -0.1) is 0 Å². The first-order chi connectivity index (χ1) is 13.9. The van der Waals surface area contributed by atoms with Gasteiger partial charge in [-0.1, -0.05) is 52.0 Å². The summed E-state index contributed by atoms with van der Waals surface area (Å²) in [4.78, 5) is 26.5. The minimum absolute atomic E-state index is 0.0785. The highest BCUT2D eigenvalue weighted by Crippen LogP contribution is 2.44. The Labute approximate surface area is 186 Å². The van der Waals surface area contributed by atoms with Gasteiger partial charge in [-0.05, 0) is 38.1 Å². The SMILES string of the molecule is CCN(CC)C(=S)SC1C(=O)c2cc(Br)ccc2OC1c1ccccc1[N+](=O)[O-]. The lowest BCUT2D eigenvalue weighted by Crippen LogP contribution is -2.38. The Balaban J connectivity index is 2.08. The maximum atomic E-state index is 13.4. The van der Waals surface area contributed by atoms with E-state index in [-0.39, 0.29) is 11.5 Å². The first kappa shape index (κ1) is 21.7. The summed E-state index contributed by atoms with van der Waals surface area (Å²) in [6, 6.07) is 11.5. The Kier molecular flexibility index (Phi) is 6.92. The van der Waals surface area contributed by atoms with Crippen LogP contribution in [0, 0.1) is 10.1 Å². The second-order valence-electron chi connectivity index (χ2n) is 6.34. The molecule has 1 aliphatic rings. The van der Waals surface area contributed by atoms with Crippen molar-refractivity contribution in [2.75, 3.05) is 13.1 Å². The van der Waals surface area contributed by atoms with E-state index >= 15 is 0 Å². The molecular formula is C20H19BrN2O4S2. The lowest BCUT2D eigenvalue weighted by Gasteiger charge is -2.33. The molecule has 2 aromatic rings. The number of ketones is 1. The second kappa shape index (κ2) is 9.23. The standard InChI is InChI=1S/C20H19BrN2O4S2/c1-3-22(4-2)20(28)29-19-17(24)14-11-12(21)9-10-16(14)27-18(19)13-7-5-6-8-15(13)23(25)26/h5-11,18-19H,3-4H2,1-2H3. The smallest absolute Gasteiger partial charge is 0.276 e. The molecule has 2 atom stereocenters. The van der Waals surface area contributed by atoms with Gasteiger partial charge in [-0.3, -0.25) is 14.9 Å². The molecule has 29 heavy (non-hydrogen) atoms. The van der Waals surface area contributed by atoms with E-state index in [2.05, 4.69) is 15.9 Å². The summed E-state index contributed by atoms with van der Waals surface area (Å²) in [5, 5.41) is 10.9. The molecule has 0 fully saturated rings. The third kappa shape index (κ3) is 4.46. The van der Waals surface area contributed by atoms with Crippen LogP contribution in [0.15, 0.2) is 46.9 Å². The molecule has 0 saturated heterocycles. The maximum Gasteiger partial charge on any atom is 0.276 e. The average molecular weight is 495 g/mol. The fourth-order valence-electron chi connectivity index (χ4n) is 3.19. The number of benzene rings is 2. The first-order valence-electron chi connectivity index (χ1n) is 9.06. The molecule has 152 valence electrons. The number of halogens is 1. The predicted molar refractivity (Wildman–Crippen MR) is 122 cm³/mol. The number of Topliss-reactive ketones (excluding diaryl/α,β-unsaturated/α-hetero) is 1. The molecule has 0 aliphatic carbocycles. The van der Waals surface area contributed by atoms with Gasteiger partial charge >= 0.3 is 0 Å². The topological polar surface area (TPSA) is 72.7 Å².